The van der Waals surface area contributed by atoms with Gasteiger partial charge in [0.05, 0.1) is 6.61 Å². The number of hydrogen-bond donors (Lipinski definition) is 3. The summed E-state index contributed by atoms with van der Waals surface area (Å²) in [7, 11) is 0. The molecule has 1 rings (SSSR count). The lowest BCUT2D eigenvalue weighted by atomic mass is 9.98. The number of aliphatic hydroxyl groups excluding tert-OH is 2. The van der Waals surface area contributed by atoms with Crippen molar-refractivity contribution in [1.29, 1.82) is 0 Å². The fourth-order valence-electron chi connectivity index (χ4n) is 8.51. The van der Waals surface area contributed by atoms with Gasteiger partial charge in [-0.2, -0.15) is 0 Å². The summed E-state index contributed by atoms with van der Waals surface area (Å²) in [5.41, 5.74) is 0. The molecular weight excluding hydrogens is 949 g/mol. The Balaban J connectivity index is 2.70. The highest BCUT2D eigenvalue weighted by molar-refractivity contribution is 5.74. The number of esters is 3. The standard InChI is InChI=1S/C63H104O12/c1-4-7-10-13-16-19-22-25-26-27-28-29-30-33-34-37-40-43-46-49-55(64)71-52-54(73-56(65)50-47-44-41-38-35-31-23-20-17-14-11-8-5-2)53-72-63-61(59(68)58(67)60(75-63)62(69)70)74-57(66)51-48-45-42-39-36-32-24-21-18-15-12-9-6-3/h8-9,11-12,17-18,20-21,31-32,35-36,42,45,54,58-61,63,67-68H,4-7,10,13-16,19,22-30,33-34,37-41,43-44,46-53H2,1-3H3,(H,69,70)/b11-8-,12-9-,20-17-,21-18-,35-31-,36-32-,45-42-. The number of carbonyl (C=O) groups is 4. The highest BCUT2D eigenvalue weighted by atomic mass is 16.7. The molecule has 1 fully saturated rings. The van der Waals surface area contributed by atoms with E-state index in [2.05, 4.69) is 87.6 Å². The molecule has 0 saturated carbocycles. The molecule has 12 nitrogen and oxygen atoms in total. The van der Waals surface area contributed by atoms with E-state index in [1.165, 1.54) is 96.3 Å². The molecule has 6 unspecified atom stereocenters. The molecule has 3 N–H and O–H groups in total. The SMILES string of the molecule is CC/C=C\C/C=C\C/C=C\C/C=C\CCC(=O)OC1C(OCC(COC(=O)CCCCCCCCCCCCCCCCCCCCC)OC(=O)CCCCC/C=C\C/C=C\C/C=C\CC)OC(C(=O)O)C(O)C1O. The van der Waals surface area contributed by atoms with E-state index >= 15 is 0 Å². The summed E-state index contributed by atoms with van der Waals surface area (Å²) in [6, 6.07) is 0. The van der Waals surface area contributed by atoms with Crippen LogP contribution in [-0.2, 0) is 42.9 Å². The van der Waals surface area contributed by atoms with Gasteiger partial charge in [0, 0.05) is 19.3 Å². The topological polar surface area (TPSA) is 175 Å². The number of hydrogen-bond acceptors (Lipinski definition) is 11. The van der Waals surface area contributed by atoms with E-state index in [4.69, 9.17) is 23.7 Å². The third-order valence-electron chi connectivity index (χ3n) is 13.0. The van der Waals surface area contributed by atoms with Gasteiger partial charge in [0.25, 0.3) is 0 Å². The van der Waals surface area contributed by atoms with Crippen LogP contribution in [0, 0.1) is 0 Å². The van der Waals surface area contributed by atoms with Crippen LogP contribution in [0.2, 0.25) is 0 Å². The summed E-state index contributed by atoms with van der Waals surface area (Å²) >= 11 is 0. The average Bonchev–Trinajstić information content (AvgIpc) is 3.39. The summed E-state index contributed by atoms with van der Waals surface area (Å²) in [6.45, 7) is 5.71. The highest BCUT2D eigenvalue weighted by Crippen LogP contribution is 2.26. The second-order valence-electron chi connectivity index (χ2n) is 19.9. The fraction of sp³-hybridized carbons (Fsp3) is 0.714. The number of aliphatic carboxylic acids is 1. The van der Waals surface area contributed by atoms with Crippen LogP contribution >= 0.6 is 0 Å². The first-order chi connectivity index (χ1) is 36.6. The molecule has 1 aliphatic heterocycles. The van der Waals surface area contributed by atoms with Crippen molar-refractivity contribution < 1.29 is 58.2 Å². The Morgan fingerprint density at radius 1 is 0.453 bits per heavy atom. The van der Waals surface area contributed by atoms with Crippen molar-refractivity contribution in [2.75, 3.05) is 13.2 Å². The van der Waals surface area contributed by atoms with E-state index in [9.17, 15) is 34.5 Å². The van der Waals surface area contributed by atoms with Gasteiger partial charge >= 0.3 is 23.9 Å². The molecule has 12 heteroatoms. The fourth-order valence-corrected chi connectivity index (χ4v) is 8.51. The quantitative estimate of drug-likeness (QED) is 0.0228. The third kappa shape index (κ3) is 40.8. The lowest BCUT2D eigenvalue weighted by molar-refractivity contribution is -0.301. The number of carboxylic acid groups (broad SMARTS) is 1. The van der Waals surface area contributed by atoms with Gasteiger partial charge in [-0.3, -0.25) is 14.4 Å². The molecule has 0 spiro atoms. The molecule has 0 bridgehead atoms. The minimum atomic E-state index is -1.93. The Labute approximate surface area is 454 Å². The van der Waals surface area contributed by atoms with E-state index in [0.717, 1.165) is 77.0 Å². The summed E-state index contributed by atoms with van der Waals surface area (Å²) in [5.74, 6) is -3.26. The van der Waals surface area contributed by atoms with Crippen LogP contribution in [0.25, 0.3) is 0 Å². The largest absolute Gasteiger partial charge is 0.479 e. The Hall–Kier alpha value is -4.10. The van der Waals surface area contributed by atoms with Crippen LogP contribution < -0.4 is 0 Å². The summed E-state index contributed by atoms with van der Waals surface area (Å²) in [5, 5.41) is 31.4. The van der Waals surface area contributed by atoms with Crippen molar-refractivity contribution in [2.45, 2.75) is 276 Å². The summed E-state index contributed by atoms with van der Waals surface area (Å²) < 4.78 is 28.3. The highest BCUT2D eigenvalue weighted by Gasteiger charge is 2.50. The van der Waals surface area contributed by atoms with E-state index in [1.54, 1.807) is 0 Å². The number of unbranched alkanes of at least 4 members (excludes halogenated alkanes) is 21. The van der Waals surface area contributed by atoms with Crippen LogP contribution in [-0.4, -0.2) is 89.2 Å². The molecule has 1 saturated heterocycles. The van der Waals surface area contributed by atoms with Gasteiger partial charge in [0.15, 0.2) is 24.6 Å². The first-order valence-electron chi connectivity index (χ1n) is 29.6. The van der Waals surface area contributed by atoms with Crippen LogP contribution in [0.15, 0.2) is 85.1 Å². The Morgan fingerprint density at radius 3 is 1.33 bits per heavy atom. The first kappa shape index (κ1) is 68.9. The van der Waals surface area contributed by atoms with Gasteiger partial charge in [-0.05, 0) is 77.0 Å². The second-order valence-corrected chi connectivity index (χ2v) is 19.9. The van der Waals surface area contributed by atoms with Crippen molar-refractivity contribution in [3.8, 4) is 0 Å². The van der Waals surface area contributed by atoms with Gasteiger partial charge in [0.2, 0.25) is 0 Å². The van der Waals surface area contributed by atoms with Crippen molar-refractivity contribution in [1.82, 2.24) is 0 Å². The van der Waals surface area contributed by atoms with Gasteiger partial charge in [-0.15, -0.1) is 0 Å². The smallest absolute Gasteiger partial charge is 0.335 e. The number of carboxylic acids is 1. The summed E-state index contributed by atoms with van der Waals surface area (Å²) in [6.07, 6.45) is 53.0. The van der Waals surface area contributed by atoms with Crippen molar-refractivity contribution in [3.05, 3.63) is 85.1 Å². The minimum Gasteiger partial charge on any atom is -0.479 e. The molecule has 1 heterocycles. The van der Waals surface area contributed by atoms with E-state index in [0.29, 0.717) is 25.7 Å². The average molecular weight is 1050 g/mol. The van der Waals surface area contributed by atoms with Crippen LogP contribution in [0.4, 0.5) is 0 Å². The second kappa shape index (κ2) is 50.7. The molecule has 0 aliphatic carbocycles. The molecule has 428 valence electrons. The number of aliphatic hydroxyl groups is 2. The van der Waals surface area contributed by atoms with E-state index < -0.39 is 67.3 Å². The van der Waals surface area contributed by atoms with Crippen molar-refractivity contribution in [3.63, 3.8) is 0 Å². The Bertz CT molecular complexity index is 1630. The Morgan fingerprint density at radius 2 is 0.867 bits per heavy atom. The number of carbonyl (C=O) groups excluding carboxylic acids is 3. The Kier molecular flexibility index (Phi) is 46.6. The number of ether oxygens (including phenoxy) is 5. The minimum absolute atomic E-state index is 0.0663. The normalized spacial score (nSPS) is 18.8. The molecule has 1 aliphatic rings. The van der Waals surface area contributed by atoms with E-state index in [1.807, 2.05) is 18.2 Å². The molecule has 0 amide bonds. The predicted octanol–water partition coefficient (Wildman–Crippen LogP) is 15.1. The van der Waals surface area contributed by atoms with Crippen LogP contribution in [0.3, 0.4) is 0 Å². The molecule has 0 aromatic rings. The lowest BCUT2D eigenvalue weighted by Gasteiger charge is -2.40. The molecule has 75 heavy (non-hydrogen) atoms. The van der Waals surface area contributed by atoms with Crippen molar-refractivity contribution >= 4 is 23.9 Å². The monoisotopic (exact) mass is 1050 g/mol. The molecule has 0 aromatic heterocycles. The summed E-state index contributed by atoms with van der Waals surface area (Å²) in [4.78, 5) is 51.0. The van der Waals surface area contributed by atoms with E-state index in [-0.39, 0.29) is 25.9 Å². The zero-order valence-electron chi connectivity index (χ0n) is 47.0. The zero-order chi connectivity index (χ0) is 54.7. The maximum Gasteiger partial charge on any atom is 0.335 e. The lowest BCUT2D eigenvalue weighted by Crippen LogP contribution is -2.61. The molecule has 0 radical (unpaired) electrons. The van der Waals surface area contributed by atoms with Gasteiger partial charge in [-0.25, -0.2) is 4.79 Å². The van der Waals surface area contributed by atoms with Crippen LogP contribution in [0.5, 0.6) is 0 Å². The van der Waals surface area contributed by atoms with Gasteiger partial charge < -0.3 is 39.0 Å². The van der Waals surface area contributed by atoms with Crippen LogP contribution in [0.1, 0.15) is 239 Å². The molecular formula is C63H104O12. The maximum absolute atomic E-state index is 13.1. The number of allylic oxidation sites excluding steroid dienone is 14. The third-order valence-corrected chi connectivity index (χ3v) is 13.0. The first-order valence-corrected chi connectivity index (χ1v) is 29.6. The predicted molar refractivity (Wildman–Crippen MR) is 303 cm³/mol. The van der Waals surface area contributed by atoms with Gasteiger partial charge in [-0.1, -0.05) is 228 Å². The number of rotatable bonds is 49. The van der Waals surface area contributed by atoms with Gasteiger partial charge in [0.1, 0.15) is 18.8 Å². The zero-order valence-corrected chi connectivity index (χ0v) is 47.0. The molecule has 0 aromatic carbocycles. The molecule has 6 atom stereocenters. The van der Waals surface area contributed by atoms with Crippen molar-refractivity contribution in [2.24, 2.45) is 0 Å². The maximum atomic E-state index is 13.1.